The fourth-order valence-corrected chi connectivity index (χ4v) is 1.11. The van der Waals surface area contributed by atoms with Crippen molar-refractivity contribution in [3.05, 3.63) is 34.4 Å². The molecule has 0 spiro atoms. The molecule has 1 atom stereocenters. The van der Waals surface area contributed by atoms with Gasteiger partial charge in [0.05, 0.1) is 12.0 Å². The summed E-state index contributed by atoms with van der Waals surface area (Å²) < 4.78 is 4.51. The van der Waals surface area contributed by atoms with Crippen LogP contribution < -0.4 is 10.9 Å². The van der Waals surface area contributed by atoms with Crippen LogP contribution in [0.2, 0.25) is 0 Å². The number of carbonyl (C=O) groups is 2. The molecule has 0 fully saturated rings. The Kier molecular flexibility index (Phi) is 3.82. The predicted octanol–water partition coefficient (Wildman–Crippen LogP) is 0.233. The monoisotopic (exact) mass is 225 g/mol. The van der Waals surface area contributed by atoms with Gasteiger partial charge in [-0.15, -0.1) is 0 Å². The molecule has 2 N–H and O–H groups in total. The fourth-order valence-electron chi connectivity index (χ4n) is 1.11. The quantitative estimate of drug-likeness (QED) is 0.764. The zero-order valence-electron chi connectivity index (χ0n) is 8.60. The molecule has 0 aliphatic heterocycles. The number of aliphatic carboxylic acids is 1. The topological polar surface area (TPSA) is 96.6 Å². The number of hydrogen-bond donors (Lipinski definition) is 2. The Morgan fingerprint density at radius 2 is 2.19 bits per heavy atom. The van der Waals surface area contributed by atoms with Gasteiger partial charge < -0.3 is 14.8 Å². The third-order valence-corrected chi connectivity index (χ3v) is 1.82. The summed E-state index contributed by atoms with van der Waals surface area (Å²) in [6.07, 6.45) is 0.869. The van der Waals surface area contributed by atoms with Gasteiger partial charge in [0.15, 0.2) is 0 Å². The number of carboxylic acids is 1. The zero-order chi connectivity index (χ0) is 12.1. The van der Waals surface area contributed by atoms with E-state index in [0.717, 1.165) is 12.3 Å². The number of carbonyl (C=O) groups excluding carboxylic acids is 1. The lowest BCUT2D eigenvalue weighted by Gasteiger charge is -2.10. The first-order valence-corrected chi connectivity index (χ1v) is 4.60. The lowest BCUT2D eigenvalue weighted by molar-refractivity contribution is -0.137. The summed E-state index contributed by atoms with van der Waals surface area (Å²) >= 11 is 0. The molecule has 1 heterocycles. The van der Waals surface area contributed by atoms with E-state index in [4.69, 9.17) is 5.11 Å². The minimum absolute atomic E-state index is 0.164. The summed E-state index contributed by atoms with van der Waals surface area (Å²) in [5.74, 6) is -1.47. The Morgan fingerprint density at radius 1 is 1.50 bits per heavy atom. The van der Waals surface area contributed by atoms with Crippen LogP contribution in [0, 0.1) is 0 Å². The minimum atomic E-state index is -0.993. The van der Waals surface area contributed by atoms with E-state index in [2.05, 4.69) is 9.73 Å². The maximum Gasteiger partial charge on any atom is 0.335 e. The first-order valence-electron chi connectivity index (χ1n) is 4.60. The zero-order valence-corrected chi connectivity index (χ0v) is 8.60. The van der Waals surface area contributed by atoms with Gasteiger partial charge in [-0.3, -0.25) is 9.59 Å². The van der Waals surface area contributed by atoms with E-state index >= 15 is 0 Å². The highest BCUT2D eigenvalue weighted by atomic mass is 16.4. The number of rotatable bonds is 4. The van der Waals surface area contributed by atoms with Crippen LogP contribution in [0.25, 0.3) is 0 Å². The average molecular weight is 225 g/mol. The fraction of sp³-hybridized carbons (Fsp3) is 0.300. The first-order chi connectivity index (χ1) is 7.49. The highest BCUT2D eigenvalue weighted by Crippen LogP contribution is 1.98. The Balaban J connectivity index is 2.62. The number of hydrogen-bond acceptors (Lipinski definition) is 4. The van der Waals surface area contributed by atoms with Crippen molar-refractivity contribution in [2.45, 2.75) is 19.4 Å². The average Bonchev–Trinajstić information content (AvgIpc) is 2.16. The lowest BCUT2D eigenvalue weighted by Crippen LogP contribution is -2.34. The molecule has 0 saturated heterocycles. The normalized spacial score (nSPS) is 11.8. The van der Waals surface area contributed by atoms with E-state index in [1.54, 1.807) is 6.92 Å². The van der Waals surface area contributed by atoms with Crippen LogP contribution in [-0.2, 0) is 4.79 Å². The van der Waals surface area contributed by atoms with E-state index in [1.807, 2.05) is 0 Å². The van der Waals surface area contributed by atoms with Crippen LogP contribution in [0.1, 0.15) is 23.7 Å². The van der Waals surface area contributed by atoms with Crippen molar-refractivity contribution in [3.8, 4) is 0 Å². The van der Waals surface area contributed by atoms with Crippen LogP contribution in [-0.4, -0.2) is 23.0 Å². The Labute approximate surface area is 90.9 Å². The molecule has 1 aromatic rings. The molecule has 1 unspecified atom stereocenters. The van der Waals surface area contributed by atoms with Gasteiger partial charge in [0.1, 0.15) is 6.26 Å². The summed E-state index contributed by atoms with van der Waals surface area (Å²) in [6.45, 7) is 1.57. The molecule has 1 amide bonds. The maximum atomic E-state index is 11.5. The van der Waals surface area contributed by atoms with Crippen molar-refractivity contribution in [2.75, 3.05) is 0 Å². The number of nitrogens with one attached hydrogen (secondary N) is 1. The standard InChI is InChI=1S/C10H11NO5/c1-6(4-8(12)13)11-10(15)7-2-3-9(14)16-5-7/h2-3,5-6H,4H2,1H3,(H,11,15)(H,12,13). The van der Waals surface area contributed by atoms with Gasteiger partial charge in [-0.05, 0) is 13.0 Å². The summed E-state index contributed by atoms with van der Waals surface area (Å²) in [5.41, 5.74) is -0.369. The number of carboxylic acid groups (broad SMARTS) is 1. The second-order valence-electron chi connectivity index (χ2n) is 3.32. The van der Waals surface area contributed by atoms with E-state index in [0.29, 0.717) is 0 Å². The summed E-state index contributed by atoms with van der Waals surface area (Å²) in [5, 5.41) is 11.0. The van der Waals surface area contributed by atoms with Crippen LogP contribution in [0.15, 0.2) is 27.6 Å². The van der Waals surface area contributed by atoms with Crippen molar-refractivity contribution in [2.24, 2.45) is 0 Å². The van der Waals surface area contributed by atoms with Gasteiger partial charge in [-0.25, -0.2) is 4.79 Å². The lowest BCUT2D eigenvalue weighted by atomic mass is 10.2. The predicted molar refractivity (Wildman–Crippen MR) is 54.2 cm³/mol. The molecule has 0 saturated carbocycles. The first kappa shape index (κ1) is 12.0. The molecular weight excluding hydrogens is 214 g/mol. The Morgan fingerprint density at radius 3 is 2.69 bits per heavy atom. The van der Waals surface area contributed by atoms with E-state index < -0.39 is 23.5 Å². The third kappa shape index (κ3) is 3.56. The molecule has 0 aliphatic carbocycles. The van der Waals surface area contributed by atoms with Gasteiger partial charge in [-0.1, -0.05) is 0 Å². The van der Waals surface area contributed by atoms with E-state index in [-0.39, 0.29) is 12.0 Å². The summed E-state index contributed by atoms with van der Waals surface area (Å²) in [4.78, 5) is 32.5. The molecule has 0 bridgehead atoms. The Bertz CT molecular complexity index is 430. The summed E-state index contributed by atoms with van der Waals surface area (Å²) in [6, 6.07) is 1.95. The van der Waals surface area contributed by atoms with Crippen LogP contribution in [0.3, 0.4) is 0 Å². The smallest absolute Gasteiger partial charge is 0.335 e. The van der Waals surface area contributed by atoms with Crippen molar-refractivity contribution < 1.29 is 19.1 Å². The molecule has 0 radical (unpaired) electrons. The van der Waals surface area contributed by atoms with Crippen LogP contribution >= 0.6 is 0 Å². The molecule has 0 aromatic carbocycles. The van der Waals surface area contributed by atoms with Crippen molar-refractivity contribution in [1.82, 2.24) is 5.32 Å². The highest BCUT2D eigenvalue weighted by Gasteiger charge is 2.12. The third-order valence-electron chi connectivity index (χ3n) is 1.82. The molecule has 1 rings (SSSR count). The van der Waals surface area contributed by atoms with E-state index in [1.165, 1.54) is 6.07 Å². The van der Waals surface area contributed by atoms with Gasteiger partial charge in [0.25, 0.3) is 5.91 Å². The van der Waals surface area contributed by atoms with Gasteiger partial charge in [-0.2, -0.15) is 0 Å². The Hall–Kier alpha value is -2.11. The molecule has 16 heavy (non-hydrogen) atoms. The molecule has 86 valence electrons. The molecule has 1 aromatic heterocycles. The summed E-state index contributed by atoms with van der Waals surface area (Å²) in [7, 11) is 0. The maximum absolute atomic E-state index is 11.5. The number of amides is 1. The van der Waals surface area contributed by atoms with Crippen LogP contribution in [0.5, 0.6) is 0 Å². The van der Waals surface area contributed by atoms with Crippen molar-refractivity contribution in [3.63, 3.8) is 0 Å². The van der Waals surface area contributed by atoms with E-state index in [9.17, 15) is 14.4 Å². The molecular formula is C10H11NO5. The SMILES string of the molecule is CC(CC(=O)O)NC(=O)c1ccc(=O)oc1. The molecule has 0 aliphatic rings. The van der Waals surface area contributed by atoms with Crippen molar-refractivity contribution in [1.29, 1.82) is 0 Å². The van der Waals surface area contributed by atoms with Gasteiger partial charge in [0, 0.05) is 12.1 Å². The second-order valence-corrected chi connectivity index (χ2v) is 3.32. The van der Waals surface area contributed by atoms with Crippen LogP contribution in [0.4, 0.5) is 0 Å². The second kappa shape index (κ2) is 5.11. The largest absolute Gasteiger partial charge is 0.481 e. The van der Waals surface area contributed by atoms with Gasteiger partial charge in [0.2, 0.25) is 0 Å². The molecule has 6 nitrogen and oxygen atoms in total. The van der Waals surface area contributed by atoms with Gasteiger partial charge >= 0.3 is 11.6 Å². The molecule has 6 heteroatoms. The minimum Gasteiger partial charge on any atom is -0.481 e. The van der Waals surface area contributed by atoms with Crippen molar-refractivity contribution >= 4 is 11.9 Å². The highest BCUT2D eigenvalue weighted by molar-refractivity contribution is 5.94.